The van der Waals surface area contributed by atoms with Gasteiger partial charge in [0, 0.05) is 10.5 Å². The predicted octanol–water partition coefficient (Wildman–Crippen LogP) is 3.67. The summed E-state index contributed by atoms with van der Waals surface area (Å²) < 4.78 is 11.6. The van der Waals surface area contributed by atoms with E-state index in [2.05, 4.69) is 21.2 Å². The lowest BCUT2D eigenvalue weighted by Gasteiger charge is -2.19. The van der Waals surface area contributed by atoms with Crippen molar-refractivity contribution in [3.63, 3.8) is 0 Å². The zero-order chi connectivity index (χ0) is 19.4. The number of anilines is 1. The fourth-order valence-corrected chi connectivity index (χ4v) is 2.66. The summed E-state index contributed by atoms with van der Waals surface area (Å²) in [6.45, 7) is 0.579. The quantitative estimate of drug-likeness (QED) is 0.343. The second kappa shape index (κ2) is 7.88. The SMILES string of the molecule is N#CC(=Cc1ccc(Br)cc1)C(=O)Nc1cc2c(cc1[N+](=O)[O-])OCCO2. The summed E-state index contributed by atoms with van der Waals surface area (Å²) in [5, 5.41) is 23.0. The van der Waals surface area contributed by atoms with E-state index in [1.165, 1.54) is 18.2 Å². The highest BCUT2D eigenvalue weighted by Crippen LogP contribution is 2.39. The van der Waals surface area contributed by atoms with E-state index in [1.54, 1.807) is 24.3 Å². The first-order valence-corrected chi connectivity index (χ1v) is 8.54. The van der Waals surface area contributed by atoms with Crippen LogP contribution in [0.5, 0.6) is 11.5 Å². The minimum Gasteiger partial charge on any atom is -0.486 e. The van der Waals surface area contributed by atoms with Gasteiger partial charge in [-0.15, -0.1) is 0 Å². The first-order valence-electron chi connectivity index (χ1n) is 7.74. The lowest BCUT2D eigenvalue weighted by molar-refractivity contribution is -0.384. The Bertz CT molecular complexity index is 980. The van der Waals surface area contributed by atoms with Crippen LogP contribution >= 0.6 is 15.9 Å². The Morgan fingerprint density at radius 1 is 1.22 bits per heavy atom. The van der Waals surface area contributed by atoms with Crippen molar-refractivity contribution in [2.24, 2.45) is 0 Å². The number of hydrogen-bond acceptors (Lipinski definition) is 6. The molecule has 0 saturated carbocycles. The van der Waals surface area contributed by atoms with Gasteiger partial charge in [0.15, 0.2) is 11.5 Å². The van der Waals surface area contributed by atoms with E-state index in [4.69, 9.17) is 9.47 Å². The molecule has 0 saturated heterocycles. The number of ether oxygens (including phenoxy) is 2. The lowest BCUT2D eigenvalue weighted by atomic mass is 10.1. The number of nitro benzene ring substituents is 1. The van der Waals surface area contributed by atoms with Crippen molar-refractivity contribution in [1.29, 1.82) is 5.26 Å². The molecule has 0 aromatic heterocycles. The Balaban J connectivity index is 1.91. The Morgan fingerprint density at radius 2 is 1.85 bits per heavy atom. The van der Waals surface area contributed by atoms with Crippen LogP contribution in [0, 0.1) is 21.4 Å². The Hall–Kier alpha value is -3.38. The van der Waals surface area contributed by atoms with Crippen LogP contribution in [0.4, 0.5) is 11.4 Å². The minimum absolute atomic E-state index is 0.0776. The maximum Gasteiger partial charge on any atom is 0.296 e. The first-order chi connectivity index (χ1) is 13.0. The molecule has 0 spiro atoms. The van der Waals surface area contributed by atoms with Crippen molar-refractivity contribution in [3.05, 3.63) is 62.1 Å². The van der Waals surface area contributed by atoms with Crippen molar-refractivity contribution in [2.45, 2.75) is 0 Å². The van der Waals surface area contributed by atoms with Crippen molar-refractivity contribution in [1.82, 2.24) is 0 Å². The third-order valence-corrected chi connectivity index (χ3v) is 4.18. The van der Waals surface area contributed by atoms with Gasteiger partial charge in [-0.3, -0.25) is 14.9 Å². The van der Waals surface area contributed by atoms with Crippen molar-refractivity contribution >= 4 is 39.3 Å². The summed E-state index contributed by atoms with van der Waals surface area (Å²) >= 11 is 3.30. The number of fused-ring (bicyclic) bond motifs is 1. The highest BCUT2D eigenvalue weighted by molar-refractivity contribution is 9.10. The molecule has 2 aromatic rings. The van der Waals surface area contributed by atoms with Crippen LogP contribution in [-0.2, 0) is 4.79 Å². The number of nitrogens with one attached hydrogen (secondary N) is 1. The molecule has 9 heteroatoms. The monoisotopic (exact) mass is 429 g/mol. The van der Waals surface area contributed by atoms with E-state index in [9.17, 15) is 20.2 Å². The average molecular weight is 430 g/mol. The molecule has 1 heterocycles. The number of amides is 1. The number of nitriles is 1. The van der Waals surface area contributed by atoms with Gasteiger partial charge >= 0.3 is 0 Å². The number of hydrogen-bond donors (Lipinski definition) is 1. The van der Waals surface area contributed by atoms with Gasteiger partial charge in [-0.1, -0.05) is 28.1 Å². The number of carbonyl (C=O) groups is 1. The van der Waals surface area contributed by atoms with Gasteiger partial charge in [-0.05, 0) is 23.8 Å². The maximum absolute atomic E-state index is 12.5. The molecule has 8 nitrogen and oxygen atoms in total. The number of benzene rings is 2. The normalized spacial score (nSPS) is 12.8. The summed E-state index contributed by atoms with van der Waals surface area (Å²) in [4.78, 5) is 23.1. The summed E-state index contributed by atoms with van der Waals surface area (Å²) in [7, 11) is 0. The van der Waals surface area contributed by atoms with Crippen LogP contribution in [0.15, 0.2) is 46.4 Å². The number of carbonyl (C=O) groups excluding carboxylic acids is 1. The number of halogens is 1. The van der Waals surface area contributed by atoms with Crippen molar-refractivity contribution in [2.75, 3.05) is 18.5 Å². The summed E-state index contributed by atoms with van der Waals surface area (Å²) in [5.41, 5.74) is 0.0165. The van der Waals surface area contributed by atoms with Gasteiger partial charge in [-0.2, -0.15) is 5.26 Å². The Morgan fingerprint density at radius 3 is 2.44 bits per heavy atom. The van der Waals surface area contributed by atoms with E-state index in [1.807, 2.05) is 6.07 Å². The summed E-state index contributed by atoms with van der Waals surface area (Å²) in [5.74, 6) is -0.241. The molecule has 1 amide bonds. The van der Waals surface area contributed by atoms with Gasteiger partial charge in [0.05, 0.1) is 11.0 Å². The Labute approximate surface area is 162 Å². The predicted molar refractivity (Wildman–Crippen MR) is 100 cm³/mol. The van der Waals surface area contributed by atoms with Crippen LogP contribution in [0.25, 0.3) is 6.08 Å². The molecular formula is C18H12BrN3O5. The number of nitro groups is 1. The zero-order valence-electron chi connectivity index (χ0n) is 13.8. The molecule has 0 bridgehead atoms. The fraction of sp³-hybridized carbons (Fsp3) is 0.111. The molecule has 1 aliphatic rings. The van der Waals surface area contributed by atoms with E-state index in [-0.39, 0.29) is 35.1 Å². The molecule has 3 rings (SSSR count). The highest BCUT2D eigenvalue weighted by Gasteiger charge is 2.24. The number of rotatable bonds is 4. The summed E-state index contributed by atoms with van der Waals surface area (Å²) in [6.07, 6.45) is 1.39. The molecule has 1 N–H and O–H groups in total. The molecule has 0 atom stereocenters. The zero-order valence-corrected chi connectivity index (χ0v) is 15.4. The molecule has 0 fully saturated rings. The van der Waals surface area contributed by atoms with Crippen LogP contribution in [0.2, 0.25) is 0 Å². The highest BCUT2D eigenvalue weighted by atomic mass is 79.9. The third-order valence-electron chi connectivity index (χ3n) is 3.65. The standard InChI is InChI=1S/C18H12BrN3O5/c19-13-3-1-11(2-4-13)7-12(10-20)18(23)21-14-8-16-17(27-6-5-26-16)9-15(14)22(24)25/h1-4,7-9H,5-6H2,(H,21,23). The van der Waals surface area contributed by atoms with Crippen LogP contribution in [0.1, 0.15) is 5.56 Å². The third kappa shape index (κ3) is 4.24. The van der Waals surface area contributed by atoms with Gasteiger partial charge in [-0.25, -0.2) is 0 Å². The van der Waals surface area contributed by atoms with E-state index in [0.29, 0.717) is 12.2 Å². The van der Waals surface area contributed by atoms with Gasteiger partial charge in [0.2, 0.25) is 0 Å². The molecule has 0 unspecified atom stereocenters. The van der Waals surface area contributed by atoms with Gasteiger partial charge in [0.25, 0.3) is 11.6 Å². The van der Waals surface area contributed by atoms with Gasteiger partial charge < -0.3 is 14.8 Å². The summed E-state index contributed by atoms with van der Waals surface area (Å²) in [6, 6.07) is 11.3. The van der Waals surface area contributed by atoms with Crippen molar-refractivity contribution < 1.29 is 19.2 Å². The van der Waals surface area contributed by atoms with E-state index in [0.717, 1.165) is 4.47 Å². The second-order valence-electron chi connectivity index (χ2n) is 5.45. The average Bonchev–Trinajstić information content (AvgIpc) is 2.66. The molecule has 2 aromatic carbocycles. The number of nitrogens with zero attached hydrogens (tertiary/aromatic N) is 2. The van der Waals surface area contributed by atoms with E-state index < -0.39 is 10.8 Å². The van der Waals surface area contributed by atoms with Crippen LogP contribution in [0.3, 0.4) is 0 Å². The largest absolute Gasteiger partial charge is 0.486 e. The van der Waals surface area contributed by atoms with Crippen molar-refractivity contribution in [3.8, 4) is 17.6 Å². The van der Waals surface area contributed by atoms with Gasteiger partial charge in [0.1, 0.15) is 30.5 Å². The second-order valence-corrected chi connectivity index (χ2v) is 6.36. The lowest BCUT2D eigenvalue weighted by Crippen LogP contribution is -2.18. The fourth-order valence-electron chi connectivity index (χ4n) is 2.39. The Kier molecular flexibility index (Phi) is 5.38. The van der Waals surface area contributed by atoms with Crippen LogP contribution < -0.4 is 14.8 Å². The minimum atomic E-state index is -0.764. The maximum atomic E-state index is 12.5. The molecule has 136 valence electrons. The topological polar surface area (TPSA) is 114 Å². The van der Waals surface area contributed by atoms with Crippen LogP contribution in [-0.4, -0.2) is 24.0 Å². The smallest absolute Gasteiger partial charge is 0.296 e. The molecular weight excluding hydrogens is 418 g/mol. The molecule has 0 aliphatic carbocycles. The molecule has 1 aliphatic heterocycles. The van der Waals surface area contributed by atoms with E-state index >= 15 is 0 Å². The molecule has 0 radical (unpaired) electrons. The first kappa shape index (κ1) is 18.4. The molecule has 27 heavy (non-hydrogen) atoms.